The Morgan fingerprint density at radius 1 is 1.09 bits per heavy atom. The first-order valence-corrected chi connectivity index (χ1v) is 7.20. The van der Waals surface area contributed by atoms with Gasteiger partial charge in [-0.15, -0.1) is 0 Å². The maximum Gasteiger partial charge on any atom is 0.279 e. The van der Waals surface area contributed by atoms with E-state index in [9.17, 15) is 18.0 Å². The van der Waals surface area contributed by atoms with E-state index >= 15 is 0 Å². The molecule has 0 spiro atoms. The highest BCUT2D eigenvalue weighted by Gasteiger charge is 2.20. The van der Waals surface area contributed by atoms with Gasteiger partial charge in [0.15, 0.2) is 24.0 Å². The molecule has 0 saturated carbocycles. The summed E-state index contributed by atoms with van der Waals surface area (Å²) in [7, 11) is 1.83. The van der Waals surface area contributed by atoms with Gasteiger partial charge in [-0.1, -0.05) is 30.3 Å². The first-order chi connectivity index (χ1) is 10.9. The van der Waals surface area contributed by atoms with Gasteiger partial charge in [0.1, 0.15) is 6.04 Å². The Kier molecular flexibility index (Phi) is 5.39. The second kappa shape index (κ2) is 7.28. The number of amides is 1. The van der Waals surface area contributed by atoms with Crippen LogP contribution >= 0.6 is 0 Å². The first-order valence-electron chi connectivity index (χ1n) is 7.20. The SMILES string of the molecule is C[C@@H](c1ccccc1)[NH+](C)CC(=O)Nc1ccc(F)c(F)c1F. The van der Waals surface area contributed by atoms with Gasteiger partial charge in [-0.25, -0.2) is 13.2 Å². The molecule has 0 aromatic heterocycles. The van der Waals surface area contributed by atoms with E-state index in [1.807, 2.05) is 44.3 Å². The van der Waals surface area contributed by atoms with Gasteiger partial charge >= 0.3 is 0 Å². The molecule has 2 aromatic rings. The highest BCUT2D eigenvalue weighted by atomic mass is 19.2. The van der Waals surface area contributed by atoms with Gasteiger partial charge in [0, 0.05) is 5.56 Å². The van der Waals surface area contributed by atoms with Crippen LogP contribution in [0.25, 0.3) is 0 Å². The van der Waals surface area contributed by atoms with Crippen molar-refractivity contribution < 1.29 is 22.9 Å². The van der Waals surface area contributed by atoms with Crippen LogP contribution in [0.1, 0.15) is 18.5 Å². The molecule has 1 amide bonds. The Morgan fingerprint density at radius 2 is 1.74 bits per heavy atom. The molecule has 2 atom stereocenters. The third-order valence-corrected chi connectivity index (χ3v) is 3.79. The molecule has 0 saturated heterocycles. The average molecular weight is 323 g/mol. The summed E-state index contributed by atoms with van der Waals surface area (Å²) in [5.74, 6) is -4.76. The molecule has 3 nitrogen and oxygen atoms in total. The smallest absolute Gasteiger partial charge is 0.279 e. The van der Waals surface area contributed by atoms with Gasteiger partial charge in [-0.2, -0.15) is 0 Å². The van der Waals surface area contributed by atoms with Crippen molar-refractivity contribution in [3.8, 4) is 0 Å². The molecule has 0 heterocycles. The van der Waals surface area contributed by atoms with E-state index in [0.29, 0.717) is 0 Å². The Balaban J connectivity index is 2.01. The molecule has 2 rings (SSSR count). The van der Waals surface area contributed by atoms with Crippen molar-refractivity contribution in [3.05, 3.63) is 65.5 Å². The number of benzene rings is 2. The van der Waals surface area contributed by atoms with E-state index in [-0.39, 0.29) is 18.3 Å². The number of likely N-dealkylation sites (N-methyl/N-ethyl adjacent to an activating group) is 1. The topological polar surface area (TPSA) is 33.5 Å². The van der Waals surface area contributed by atoms with E-state index < -0.39 is 23.4 Å². The van der Waals surface area contributed by atoms with Crippen LogP contribution in [0.15, 0.2) is 42.5 Å². The van der Waals surface area contributed by atoms with E-state index in [4.69, 9.17) is 0 Å². The maximum absolute atomic E-state index is 13.5. The second-order valence-corrected chi connectivity index (χ2v) is 5.43. The summed E-state index contributed by atoms with van der Waals surface area (Å²) in [6, 6.07) is 11.5. The van der Waals surface area contributed by atoms with Crippen LogP contribution < -0.4 is 10.2 Å². The van der Waals surface area contributed by atoms with Crippen LogP contribution in [-0.2, 0) is 4.79 Å². The van der Waals surface area contributed by atoms with Crippen molar-refractivity contribution >= 4 is 11.6 Å². The van der Waals surface area contributed by atoms with E-state index in [0.717, 1.165) is 22.6 Å². The lowest BCUT2D eigenvalue weighted by molar-refractivity contribution is -0.902. The number of anilines is 1. The molecule has 0 fully saturated rings. The lowest BCUT2D eigenvalue weighted by Gasteiger charge is -2.21. The molecule has 23 heavy (non-hydrogen) atoms. The third-order valence-electron chi connectivity index (χ3n) is 3.79. The minimum atomic E-state index is -1.60. The summed E-state index contributed by atoms with van der Waals surface area (Å²) in [4.78, 5) is 12.9. The van der Waals surface area contributed by atoms with Crippen molar-refractivity contribution in [1.29, 1.82) is 0 Å². The molecule has 2 N–H and O–H groups in total. The fourth-order valence-corrected chi connectivity index (χ4v) is 2.25. The minimum absolute atomic E-state index is 0.0525. The molecule has 0 aliphatic rings. The summed E-state index contributed by atoms with van der Waals surface area (Å²) in [5, 5.41) is 2.27. The van der Waals surface area contributed by atoms with Crippen molar-refractivity contribution in [1.82, 2.24) is 0 Å². The number of carbonyl (C=O) groups is 1. The minimum Gasteiger partial charge on any atom is -0.324 e. The van der Waals surface area contributed by atoms with Gasteiger partial charge in [-0.3, -0.25) is 4.79 Å². The Morgan fingerprint density at radius 3 is 2.39 bits per heavy atom. The van der Waals surface area contributed by atoms with E-state index in [2.05, 4.69) is 5.32 Å². The summed E-state index contributed by atoms with van der Waals surface area (Å²) < 4.78 is 39.6. The molecule has 1 unspecified atom stereocenters. The highest BCUT2D eigenvalue weighted by molar-refractivity contribution is 5.91. The number of hydrogen-bond acceptors (Lipinski definition) is 1. The number of rotatable bonds is 5. The second-order valence-electron chi connectivity index (χ2n) is 5.43. The normalized spacial score (nSPS) is 13.4. The number of carbonyl (C=O) groups excluding carboxylic acids is 1. The Labute approximate surface area is 132 Å². The zero-order valence-corrected chi connectivity index (χ0v) is 12.9. The summed E-state index contributed by atoms with van der Waals surface area (Å²) in [5.41, 5.74) is 0.700. The monoisotopic (exact) mass is 323 g/mol. The molecular weight excluding hydrogens is 305 g/mol. The molecule has 0 bridgehead atoms. The fourth-order valence-electron chi connectivity index (χ4n) is 2.25. The van der Waals surface area contributed by atoms with Gasteiger partial charge in [-0.05, 0) is 19.1 Å². The maximum atomic E-state index is 13.5. The molecule has 2 aromatic carbocycles. The standard InChI is InChI=1S/C17H17F3N2O/c1-11(12-6-4-3-5-7-12)22(2)10-15(23)21-14-9-8-13(18)16(19)17(14)20/h3-9,11H,10H2,1-2H3,(H,21,23)/p+1/t11-/m0/s1. The molecular formula is C17H18F3N2O+. The number of quaternary nitrogens is 1. The Bertz CT molecular complexity index is 692. The van der Waals surface area contributed by atoms with Crippen molar-refractivity contribution in [2.45, 2.75) is 13.0 Å². The van der Waals surface area contributed by atoms with Gasteiger partial charge in [0.05, 0.1) is 12.7 Å². The lowest BCUT2D eigenvalue weighted by Crippen LogP contribution is -3.10. The average Bonchev–Trinajstić information content (AvgIpc) is 2.55. The zero-order chi connectivity index (χ0) is 17.0. The van der Waals surface area contributed by atoms with Gasteiger partial charge in [0.25, 0.3) is 5.91 Å². The van der Waals surface area contributed by atoms with Crippen molar-refractivity contribution in [2.24, 2.45) is 0 Å². The van der Waals surface area contributed by atoms with Crippen molar-refractivity contribution in [3.63, 3.8) is 0 Å². The molecule has 0 radical (unpaired) electrons. The Hall–Kier alpha value is -2.34. The van der Waals surface area contributed by atoms with E-state index in [1.54, 1.807) is 0 Å². The summed E-state index contributed by atoms with van der Waals surface area (Å²) >= 11 is 0. The van der Waals surface area contributed by atoms with Crippen LogP contribution in [0.3, 0.4) is 0 Å². The van der Waals surface area contributed by atoms with E-state index in [1.165, 1.54) is 0 Å². The largest absolute Gasteiger partial charge is 0.324 e. The quantitative estimate of drug-likeness (QED) is 0.814. The third kappa shape index (κ3) is 4.10. The first kappa shape index (κ1) is 17.0. The van der Waals surface area contributed by atoms with Crippen LogP contribution in [0.5, 0.6) is 0 Å². The predicted molar refractivity (Wildman–Crippen MR) is 81.6 cm³/mol. The summed E-state index contributed by atoms with van der Waals surface area (Å²) in [6.45, 7) is 2.03. The lowest BCUT2D eigenvalue weighted by atomic mass is 10.1. The van der Waals surface area contributed by atoms with Crippen LogP contribution in [0, 0.1) is 17.5 Å². The molecule has 0 aliphatic carbocycles. The van der Waals surface area contributed by atoms with Gasteiger partial charge in [0.2, 0.25) is 0 Å². The summed E-state index contributed by atoms with van der Waals surface area (Å²) in [6.07, 6.45) is 0. The van der Waals surface area contributed by atoms with Crippen LogP contribution in [-0.4, -0.2) is 19.5 Å². The van der Waals surface area contributed by atoms with Crippen LogP contribution in [0.2, 0.25) is 0 Å². The zero-order valence-electron chi connectivity index (χ0n) is 12.9. The van der Waals surface area contributed by atoms with Crippen molar-refractivity contribution in [2.75, 3.05) is 18.9 Å². The highest BCUT2D eigenvalue weighted by Crippen LogP contribution is 2.19. The van der Waals surface area contributed by atoms with Gasteiger partial charge < -0.3 is 10.2 Å². The number of hydrogen-bond donors (Lipinski definition) is 2. The van der Waals surface area contributed by atoms with Crippen LogP contribution in [0.4, 0.5) is 18.9 Å². The fraction of sp³-hybridized carbons (Fsp3) is 0.235. The molecule has 6 heteroatoms. The molecule has 122 valence electrons. The molecule has 0 aliphatic heterocycles. The predicted octanol–water partition coefficient (Wildman–Crippen LogP) is 2.32. The number of nitrogens with one attached hydrogen (secondary N) is 2. The number of halogens is 3.